The lowest BCUT2D eigenvalue weighted by Crippen LogP contribution is -2.45. The Morgan fingerprint density at radius 1 is 0.941 bits per heavy atom. The Morgan fingerprint density at radius 3 is 2.03 bits per heavy atom. The van der Waals surface area contributed by atoms with Crippen LogP contribution in [-0.2, 0) is 0 Å². The maximum absolute atomic E-state index is 13.9. The SMILES string of the molecule is CC[C@@]1(C)[C@H](c2cccc(OC(F)(F)F)c2)N(c2ccc(Cl)cc2)C(=O)N1c1ccc(Cl)cc1. The lowest BCUT2D eigenvalue weighted by atomic mass is 9.83. The van der Waals surface area contributed by atoms with Gasteiger partial charge in [-0.1, -0.05) is 42.3 Å². The lowest BCUT2D eigenvalue weighted by molar-refractivity contribution is -0.274. The van der Waals surface area contributed by atoms with Crippen LogP contribution in [0.15, 0.2) is 72.8 Å². The van der Waals surface area contributed by atoms with Crippen LogP contribution in [0.25, 0.3) is 0 Å². The first-order valence-electron chi connectivity index (χ1n) is 10.5. The van der Waals surface area contributed by atoms with Gasteiger partial charge in [-0.25, -0.2) is 4.79 Å². The summed E-state index contributed by atoms with van der Waals surface area (Å²) < 4.78 is 42.9. The summed E-state index contributed by atoms with van der Waals surface area (Å²) in [5.41, 5.74) is 0.882. The minimum Gasteiger partial charge on any atom is -0.406 e. The van der Waals surface area contributed by atoms with Crippen LogP contribution in [0.1, 0.15) is 31.9 Å². The van der Waals surface area contributed by atoms with Gasteiger partial charge in [-0.3, -0.25) is 9.80 Å². The van der Waals surface area contributed by atoms with E-state index in [4.69, 9.17) is 23.2 Å². The minimum atomic E-state index is -4.83. The third kappa shape index (κ3) is 4.55. The molecule has 2 amide bonds. The summed E-state index contributed by atoms with van der Waals surface area (Å²) in [6.07, 6.45) is -4.32. The van der Waals surface area contributed by atoms with Gasteiger partial charge in [0.05, 0.1) is 11.6 Å². The van der Waals surface area contributed by atoms with Crippen LogP contribution in [-0.4, -0.2) is 17.9 Å². The van der Waals surface area contributed by atoms with Gasteiger partial charge in [0.1, 0.15) is 5.75 Å². The molecule has 0 aliphatic carbocycles. The molecule has 34 heavy (non-hydrogen) atoms. The lowest BCUT2D eigenvalue weighted by Gasteiger charge is -2.38. The molecule has 2 atom stereocenters. The third-order valence-corrected chi connectivity index (χ3v) is 6.57. The van der Waals surface area contributed by atoms with Gasteiger partial charge in [0.25, 0.3) is 0 Å². The topological polar surface area (TPSA) is 32.8 Å². The summed E-state index contributed by atoms with van der Waals surface area (Å²) in [5, 5.41) is 1.03. The molecule has 0 unspecified atom stereocenters. The Balaban J connectivity index is 1.89. The summed E-state index contributed by atoms with van der Waals surface area (Å²) in [6.45, 7) is 3.85. The molecular weight excluding hydrogens is 488 g/mol. The molecule has 1 heterocycles. The molecule has 1 aliphatic heterocycles. The van der Waals surface area contributed by atoms with Gasteiger partial charge in [0.2, 0.25) is 0 Å². The zero-order valence-electron chi connectivity index (χ0n) is 18.3. The highest BCUT2D eigenvalue weighted by molar-refractivity contribution is 6.31. The number of ether oxygens (including phenoxy) is 1. The van der Waals surface area contributed by atoms with Crippen molar-refractivity contribution in [3.05, 3.63) is 88.4 Å². The van der Waals surface area contributed by atoms with Crippen molar-refractivity contribution in [3.63, 3.8) is 0 Å². The number of nitrogens with zero attached hydrogens (tertiary/aromatic N) is 2. The second-order valence-electron chi connectivity index (χ2n) is 8.17. The van der Waals surface area contributed by atoms with E-state index in [2.05, 4.69) is 4.74 Å². The first-order chi connectivity index (χ1) is 16.0. The number of hydrogen-bond acceptors (Lipinski definition) is 2. The van der Waals surface area contributed by atoms with Crippen LogP contribution in [0.4, 0.5) is 29.3 Å². The molecular formula is C25H21Cl2F3N2O2. The predicted octanol–water partition coefficient (Wildman–Crippen LogP) is 8.25. The van der Waals surface area contributed by atoms with E-state index in [0.29, 0.717) is 33.4 Å². The number of rotatable bonds is 5. The van der Waals surface area contributed by atoms with Crippen molar-refractivity contribution < 1.29 is 22.7 Å². The zero-order chi connectivity index (χ0) is 24.7. The number of hydrogen-bond donors (Lipinski definition) is 0. The van der Waals surface area contributed by atoms with Gasteiger partial charge < -0.3 is 4.74 Å². The summed E-state index contributed by atoms with van der Waals surface area (Å²) in [5.74, 6) is -0.350. The second kappa shape index (κ2) is 9.04. The Hall–Kier alpha value is -2.90. The monoisotopic (exact) mass is 508 g/mol. The standard InChI is InChI=1S/C25H21Cl2F3N2O2/c1-3-24(2)22(16-5-4-6-21(15-16)34-25(28,29)30)31(19-11-7-17(26)8-12-19)23(33)32(24)20-13-9-18(27)10-14-20/h4-15,22H,3H2,1-2H3/t22-,24-/m0/s1. The number of amides is 2. The predicted molar refractivity (Wildman–Crippen MR) is 128 cm³/mol. The first-order valence-corrected chi connectivity index (χ1v) is 11.3. The fourth-order valence-corrected chi connectivity index (χ4v) is 4.69. The molecule has 9 heteroatoms. The molecule has 1 aliphatic rings. The number of halogens is 5. The van der Waals surface area contributed by atoms with E-state index in [1.807, 2.05) is 13.8 Å². The van der Waals surface area contributed by atoms with Gasteiger partial charge in [-0.15, -0.1) is 13.2 Å². The quantitative estimate of drug-likeness (QED) is 0.347. The van der Waals surface area contributed by atoms with Crippen molar-refractivity contribution in [2.45, 2.75) is 38.2 Å². The Bertz CT molecular complexity index is 1190. The maximum Gasteiger partial charge on any atom is 0.573 e. The molecule has 1 fully saturated rings. The second-order valence-corrected chi connectivity index (χ2v) is 9.05. The minimum absolute atomic E-state index is 0.318. The smallest absolute Gasteiger partial charge is 0.406 e. The van der Waals surface area contributed by atoms with Crippen LogP contribution in [0.5, 0.6) is 5.75 Å². The number of alkyl halides is 3. The van der Waals surface area contributed by atoms with E-state index in [0.717, 1.165) is 0 Å². The highest BCUT2D eigenvalue weighted by Crippen LogP contribution is 2.50. The summed E-state index contributed by atoms with van der Waals surface area (Å²) >= 11 is 12.1. The molecule has 3 aromatic carbocycles. The van der Waals surface area contributed by atoms with Crippen LogP contribution in [0.2, 0.25) is 10.0 Å². The largest absolute Gasteiger partial charge is 0.573 e. The molecule has 178 valence electrons. The van der Waals surface area contributed by atoms with Gasteiger partial charge >= 0.3 is 12.4 Å². The van der Waals surface area contributed by atoms with Crippen LogP contribution in [0, 0.1) is 0 Å². The normalized spacial score (nSPS) is 20.7. The van der Waals surface area contributed by atoms with Gasteiger partial charge in [-0.2, -0.15) is 0 Å². The number of carbonyl (C=O) groups excluding carboxylic acids is 1. The molecule has 0 aromatic heterocycles. The Kier molecular flexibility index (Phi) is 6.44. The Labute approximate surface area is 205 Å². The van der Waals surface area contributed by atoms with E-state index < -0.39 is 17.9 Å². The molecule has 0 bridgehead atoms. The van der Waals surface area contributed by atoms with Crippen molar-refractivity contribution in [2.24, 2.45) is 0 Å². The number of benzene rings is 3. The Morgan fingerprint density at radius 2 is 1.50 bits per heavy atom. The molecule has 3 aromatic rings. The van der Waals surface area contributed by atoms with E-state index >= 15 is 0 Å². The van der Waals surface area contributed by atoms with E-state index in [1.165, 1.54) is 18.2 Å². The van der Waals surface area contributed by atoms with Crippen LogP contribution < -0.4 is 14.5 Å². The van der Waals surface area contributed by atoms with Gasteiger partial charge in [0.15, 0.2) is 0 Å². The molecule has 4 nitrogen and oxygen atoms in total. The molecule has 0 radical (unpaired) electrons. The molecule has 1 saturated heterocycles. The average Bonchev–Trinajstić information content (AvgIpc) is 3.01. The first kappa shape index (κ1) is 24.2. The van der Waals surface area contributed by atoms with Gasteiger partial charge in [0, 0.05) is 21.4 Å². The number of urea groups is 1. The fraction of sp³-hybridized carbons (Fsp3) is 0.240. The maximum atomic E-state index is 13.9. The van der Waals surface area contributed by atoms with E-state index in [1.54, 1.807) is 64.4 Å². The van der Waals surface area contributed by atoms with E-state index in [-0.39, 0.29) is 11.8 Å². The fourth-order valence-electron chi connectivity index (χ4n) is 4.44. The summed E-state index contributed by atoms with van der Waals surface area (Å²) in [6, 6.07) is 18.4. The highest BCUT2D eigenvalue weighted by Gasteiger charge is 2.55. The number of carbonyl (C=O) groups is 1. The number of anilines is 2. The van der Waals surface area contributed by atoms with Crippen molar-refractivity contribution in [2.75, 3.05) is 9.80 Å². The van der Waals surface area contributed by atoms with Crippen molar-refractivity contribution >= 4 is 40.6 Å². The molecule has 4 rings (SSSR count). The average molecular weight is 509 g/mol. The summed E-state index contributed by atoms with van der Waals surface area (Å²) in [4.78, 5) is 17.2. The molecule has 0 saturated carbocycles. The third-order valence-electron chi connectivity index (χ3n) is 6.07. The van der Waals surface area contributed by atoms with Crippen molar-refractivity contribution in [1.29, 1.82) is 0 Å². The van der Waals surface area contributed by atoms with E-state index in [9.17, 15) is 18.0 Å². The van der Waals surface area contributed by atoms with Crippen LogP contribution in [0.3, 0.4) is 0 Å². The summed E-state index contributed by atoms with van der Waals surface area (Å²) in [7, 11) is 0. The molecule has 0 spiro atoms. The molecule has 0 N–H and O–H groups in total. The van der Waals surface area contributed by atoms with Crippen molar-refractivity contribution in [3.8, 4) is 5.75 Å². The zero-order valence-corrected chi connectivity index (χ0v) is 19.8. The highest BCUT2D eigenvalue weighted by atomic mass is 35.5. The van der Waals surface area contributed by atoms with Gasteiger partial charge in [-0.05, 0) is 79.6 Å². The van der Waals surface area contributed by atoms with Crippen molar-refractivity contribution in [1.82, 2.24) is 0 Å². The van der Waals surface area contributed by atoms with Crippen LogP contribution >= 0.6 is 23.2 Å².